The van der Waals surface area contributed by atoms with Gasteiger partial charge >= 0.3 is 0 Å². The highest BCUT2D eigenvalue weighted by atomic mass is 16.6. The van der Waals surface area contributed by atoms with Gasteiger partial charge in [0.25, 0.3) is 5.69 Å². The van der Waals surface area contributed by atoms with Crippen LogP contribution in [0.5, 0.6) is 0 Å². The molecule has 3 aliphatic rings. The molecule has 2 aliphatic heterocycles. The summed E-state index contributed by atoms with van der Waals surface area (Å²) in [5, 5.41) is 24.3. The van der Waals surface area contributed by atoms with Crippen molar-refractivity contribution in [1.29, 1.82) is 5.26 Å². The molecule has 0 bridgehead atoms. The van der Waals surface area contributed by atoms with Crippen LogP contribution in [0.25, 0.3) is 0 Å². The highest BCUT2D eigenvalue weighted by Crippen LogP contribution is 2.39. The summed E-state index contributed by atoms with van der Waals surface area (Å²) in [6.07, 6.45) is 5.99. The minimum absolute atomic E-state index is 0.0366. The second-order valence-corrected chi connectivity index (χ2v) is 9.56. The van der Waals surface area contributed by atoms with Gasteiger partial charge in [-0.1, -0.05) is 31.4 Å². The van der Waals surface area contributed by atoms with Crippen LogP contribution in [0, 0.1) is 27.4 Å². The smallest absolute Gasteiger partial charge is 0.269 e. The molecule has 0 radical (unpaired) electrons. The van der Waals surface area contributed by atoms with Gasteiger partial charge in [0, 0.05) is 43.5 Å². The van der Waals surface area contributed by atoms with Crippen molar-refractivity contribution in [2.45, 2.75) is 50.6 Å². The Morgan fingerprint density at radius 3 is 2.65 bits per heavy atom. The number of nitro groups is 1. The molecule has 0 aromatic heterocycles. The lowest BCUT2D eigenvalue weighted by Crippen LogP contribution is -2.61. The molecule has 1 N–H and O–H groups in total. The largest absolute Gasteiger partial charge is 0.367 e. The third kappa shape index (κ3) is 4.18. The standard InChI is InChI=1S/C26H29N5O3/c27-16-18-6-4-5-9-23(18)29-12-13-30-24-11-10-21(31(33)34)14-19(24)15-22(25(30)17-29)26(32)28-20-7-2-1-3-8-20/h4-6,9-11,14,20,22,25H,1-3,7-8,12-13,15,17H2,(H,28,32). The summed E-state index contributed by atoms with van der Waals surface area (Å²) in [7, 11) is 0. The van der Waals surface area contributed by atoms with Crippen LogP contribution in [-0.2, 0) is 11.2 Å². The lowest BCUT2D eigenvalue weighted by molar-refractivity contribution is -0.384. The van der Waals surface area contributed by atoms with E-state index in [4.69, 9.17) is 0 Å². The van der Waals surface area contributed by atoms with Crippen LogP contribution in [0.4, 0.5) is 17.1 Å². The van der Waals surface area contributed by atoms with Crippen LogP contribution in [-0.4, -0.2) is 42.5 Å². The van der Waals surface area contributed by atoms with Gasteiger partial charge in [-0.3, -0.25) is 14.9 Å². The van der Waals surface area contributed by atoms with Crippen molar-refractivity contribution >= 4 is 23.0 Å². The number of piperazine rings is 1. The highest BCUT2D eigenvalue weighted by Gasteiger charge is 2.42. The average molecular weight is 460 g/mol. The number of carbonyl (C=O) groups excluding carboxylic acids is 1. The lowest BCUT2D eigenvalue weighted by atomic mass is 9.82. The normalized spacial score (nSPS) is 22.3. The maximum atomic E-state index is 13.6. The summed E-state index contributed by atoms with van der Waals surface area (Å²) in [6.45, 7) is 2.02. The Hall–Kier alpha value is -3.60. The second kappa shape index (κ2) is 9.34. The SMILES string of the molecule is N#Cc1ccccc1N1CCN2c3ccc([N+](=O)[O-])cc3CC(C(=O)NC3CCCCC3)C2C1. The number of nitrogens with zero attached hydrogens (tertiary/aromatic N) is 4. The van der Waals surface area contributed by atoms with Crippen LogP contribution in [0.1, 0.15) is 43.2 Å². The Kier molecular flexibility index (Phi) is 6.10. The van der Waals surface area contributed by atoms with E-state index in [-0.39, 0.29) is 34.5 Å². The third-order valence-electron chi connectivity index (χ3n) is 7.56. The van der Waals surface area contributed by atoms with Crippen molar-refractivity contribution in [1.82, 2.24) is 5.32 Å². The van der Waals surface area contributed by atoms with Crippen molar-refractivity contribution in [3.63, 3.8) is 0 Å². The van der Waals surface area contributed by atoms with E-state index in [1.165, 1.54) is 6.42 Å². The van der Waals surface area contributed by atoms with Crippen LogP contribution in [0.2, 0.25) is 0 Å². The van der Waals surface area contributed by atoms with Crippen LogP contribution >= 0.6 is 0 Å². The zero-order valence-electron chi connectivity index (χ0n) is 19.2. The molecule has 1 aliphatic carbocycles. The molecule has 5 rings (SSSR count). The summed E-state index contributed by atoms with van der Waals surface area (Å²) >= 11 is 0. The van der Waals surface area contributed by atoms with Gasteiger partial charge in [-0.05, 0) is 43.0 Å². The molecule has 8 nitrogen and oxygen atoms in total. The van der Waals surface area contributed by atoms with E-state index < -0.39 is 0 Å². The molecule has 1 saturated heterocycles. The summed E-state index contributed by atoms with van der Waals surface area (Å²) in [4.78, 5) is 29.0. The number of para-hydroxylation sites is 1. The minimum Gasteiger partial charge on any atom is -0.367 e. The summed E-state index contributed by atoms with van der Waals surface area (Å²) < 4.78 is 0. The topological polar surface area (TPSA) is 103 Å². The summed E-state index contributed by atoms with van der Waals surface area (Å²) in [5.41, 5.74) is 3.42. The van der Waals surface area contributed by atoms with Crippen LogP contribution < -0.4 is 15.1 Å². The first-order valence-corrected chi connectivity index (χ1v) is 12.1. The zero-order valence-corrected chi connectivity index (χ0v) is 19.2. The van der Waals surface area contributed by atoms with Gasteiger partial charge in [-0.15, -0.1) is 0 Å². The zero-order chi connectivity index (χ0) is 23.7. The van der Waals surface area contributed by atoms with Gasteiger partial charge < -0.3 is 15.1 Å². The first kappa shape index (κ1) is 22.2. The second-order valence-electron chi connectivity index (χ2n) is 9.56. The number of amides is 1. The monoisotopic (exact) mass is 459 g/mol. The number of nitrogens with one attached hydrogen (secondary N) is 1. The fourth-order valence-corrected chi connectivity index (χ4v) is 5.84. The van der Waals surface area contributed by atoms with Gasteiger partial charge in [-0.2, -0.15) is 5.26 Å². The average Bonchev–Trinajstić information content (AvgIpc) is 2.88. The van der Waals surface area contributed by atoms with Crippen molar-refractivity contribution < 1.29 is 9.72 Å². The molecule has 8 heteroatoms. The van der Waals surface area contributed by atoms with Crippen LogP contribution in [0.3, 0.4) is 0 Å². The summed E-state index contributed by atoms with van der Waals surface area (Å²) in [6, 6.07) is 15.0. The van der Waals surface area contributed by atoms with E-state index in [0.29, 0.717) is 31.6 Å². The number of carbonyl (C=O) groups is 1. The molecule has 2 heterocycles. The first-order chi connectivity index (χ1) is 16.5. The van der Waals surface area contributed by atoms with E-state index in [0.717, 1.165) is 42.6 Å². The number of hydrogen-bond donors (Lipinski definition) is 1. The number of benzene rings is 2. The molecule has 34 heavy (non-hydrogen) atoms. The van der Waals surface area contributed by atoms with Crippen LogP contribution in [0.15, 0.2) is 42.5 Å². The summed E-state index contributed by atoms with van der Waals surface area (Å²) in [5.74, 6) is -0.275. The molecule has 2 fully saturated rings. The molecule has 1 saturated carbocycles. The molecule has 2 unspecified atom stereocenters. The van der Waals surface area contributed by atoms with Crippen molar-refractivity contribution in [2.75, 3.05) is 29.4 Å². The van der Waals surface area contributed by atoms with E-state index >= 15 is 0 Å². The minimum atomic E-state index is -0.375. The number of anilines is 2. The van der Waals surface area contributed by atoms with Crippen molar-refractivity contribution in [3.05, 3.63) is 63.7 Å². The molecule has 176 valence electrons. The Morgan fingerprint density at radius 2 is 1.88 bits per heavy atom. The Morgan fingerprint density at radius 1 is 1.09 bits per heavy atom. The third-order valence-corrected chi connectivity index (χ3v) is 7.56. The predicted octanol–water partition coefficient (Wildman–Crippen LogP) is 3.78. The van der Waals surface area contributed by atoms with Gasteiger partial charge in [0.2, 0.25) is 5.91 Å². The van der Waals surface area contributed by atoms with Gasteiger partial charge in [-0.25, -0.2) is 0 Å². The molecule has 0 spiro atoms. The number of rotatable bonds is 4. The maximum absolute atomic E-state index is 13.6. The molecular weight excluding hydrogens is 430 g/mol. The van der Waals surface area contributed by atoms with Crippen molar-refractivity contribution in [2.24, 2.45) is 5.92 Å². The van der Waals surface area contributed by atoms with Gasteiger partial charge in [0.15, 0.2) is 0 Å². The predicted molar refractivity (Wildman–Crippen MR) is 130 cm³/mol. The lowest BCUT2D eigenvalue weighted by Gasteiger charge is -2.50. The number of fused-ring (bicyclic) bond motifs is 3. The Balaban J connectivity index is 1.47. The number of hydrogen-bond acceptors (Lipinski definition) is 6. The van der Waals surface area contributed by atoms with Gasteiger partial charge in [0.05, 0.1) is 28.1 Å². The quantitative estimate of drug-likeness (QED) is 0.551. The maximum Gasteiger partial charge on any atom is 0.269 e. The molecule has 2 atom stereocenters. The Labute approximate surface area is 199 Å². The highest BCUT2D eigenvalue weighted by molar-refractivity contribution is 5.83. The number of non-ortho nitro benzene ring substituents is 1. The first-order valence-electron chi connectivity index (χ1n) is 12.1. The molecule has 2 aromatic rings. The fraction of sp³-hybridized carbons (Fsp3) is 0.462. The van der Waals surface area contributed by atoms with E-state index in [9.17, 15) is 20.2 Å². The Bertz CT molecular complexity index is 1140. The molecular formula is C26H29N5O3. The van der Waals surface area contributed by atoms with E-state index in [1.54, 1.807) is 12.1 Å². The molecule has 1 amide bonds. The fourth-order valence-electron chi connectivity index (χ4n) is 5.84. The van der Waals surface area contributed by atoms with E-state index in [2.05, 4.69) is 21.2 Å². The van der Waals surface area contributed by atoms with Gasteiger partial charge in [0.1, 0.15) is 6.07 Å². The number of nitro benzene ring substituents is 1. The number of nitriles is 1. The molecule has 2 aromatic carbocycles. The van der Waals surface area contributed by atoms with E-state index in [1.807, 2.05) is 30.3 Å². The van der Waals surface area contributed by atoms with Crippen molar-refractivity contribution in [3.8, 4) is 6.07 Å².